The van der Waals surface area contributed by atoms with Gasteiger partial charge in [-0.2, -0.15) is 0 Å². The lowest BCUT2D eigenvalue weighted by molar-refractivity contribution is 0.361. The minimum atomic E-state index is 0.731. The van der Waals surface area contributed by atoms with Crippen molar-refractivity contribution in [2.75, 3.05) is 0 Å². The molecule has 0 spiro atoms. The predicted molar refractivity (Wildman–Crippen MR) is 46.9 cm³/mol. The van der Waals surface area contributed by atoms with Gasteiger partial charge in [-0.05, 0) is 17.7 Å². The van der Waals surface area contributed by atoms with E-state index in [1.807, 2.05) is 18.2 Å². The average Bonchev–Trinajstić information content (AvgIpc) is 2.17. The maximum Gasteiger partial charge on any atom is 0.169 e. The lowest BCUT2D eigenvalue weighted by atomic mass is 10.2. The van der Waals surface area contributed by atoms with E-state index in [0.29, 0.717) is 0 Å². The molecule has 0 N–H and O–H groups in total. The molecule has 1 aliphatic heterocycles. The third-order valence-electron chi connectivity index (χ3n) is 1.65. The van der Waals surface area contributed by atoms with Gasteiger partial charge in [0.2, 0.25) is 0 Å². The Balaban J connectivity index is 2.46. The number of benzene rings is 1. The van der Waals surface area contributed by atoms with Crippen LogP contribution in [0.1, 0.15) is 5.56 Å². The zero-order valence-electron chi connectivity index (χ0n) is 6.49. The summed E-state index contributed by atoms with van der Waals surface area (Å²) in [6.07, 6.45) is 4.78. The monoisotopic (exact) mass is 160 g/mol. The van der Waals surface area contributed by atoms with Crippen LogP contribution in [0.25, 0.3) is 6.08 Å². The molecule has 0 fully saturated rings. The third-order valence-corrected chi connectivity index (χ3v) is 1.65. The quantitative estimate of drug-likeness (QED) is 0.628. The van der Waals surface area contributed by atoms with Gasteiger partial charge in [-0.25, -0.2) is 0 Å². The molecule has 2 nitrogen and oxygen atoms in total. The van der Waals surface area contributed by atoms with Gasteiger partial charge in [0.25, 0.3) is 0 Å². The molecule has 60 valence electrons. The first-order valence-corrected chi connectivity index (χ1v) is 3.65. The molecule has 1 aliphatic rings. The summed E-state index contributed by atoms with van der Waals surface area (Å²) in [7, 11) is 0. The summed E-state index contributed by atoms with van der Waals surface area (Å²) in [6.45, 7) is 3.67. The van der Waals surface area contributed by atoms with Crippen LogP contribution in [0, 0.1) is 0 Å². The number of fused-ring (bicyclic) bond motifs is 1. The number of hydrogen-bond acceptors (Lipinski definition) is 2. The fourth-order valence-corrected chi connectivity index (χ4v) is 1.04. The average molecular weight is 160 g/mol. The molecule has 0 atom stereocenters. The van der Waals surface area contributed by atoms with Crippen LogP contribution in [0.15, 0.2) is 37.3 Å². The van der Waals surface area contributed by atoms with E-state index in [1.54, 1.807) is 6.08 Å². The van der Waals surface area contributed by atoms with E-state index in [4.69, 9.17) is 9.47 Å². The molecule has 0 saturated heterocycles. The zero-order chi connectivity index (χ0) is 8.39. The van der Waals surface area contributed by atoms with E-state index >= 15 is 0 Å². The Hall–Kier alpha value is -1.70. The first kappa shape index (κ1) is 6.98. The molecule has 12 heavy (non-hydrogen) atoms. The molecule has 0 bridgehead atoms. The van der Waals surface area contributed by atoms with Gasteiger partial charge >= 0.3 is 0 Å². The Morgan fingerprint density at radius 3 is 2.58 bits per heavy atom. The summed E-state index contributed by atoms with van der Waals surface area (Å²) in [6, 6.07) is 5.66. The van der Waals surface area contributed by atoms with Gasteiger partial charge in [0, 0.05) is 0 Å². The van der Waals surface area contributed by atoms with E-state index in [0.717, 1.165) is 17.1 Å². The Bertz CT molecular complexity index is 340. The lowest BCUT2D eigenvalue weighted by Gasteiger charge is -2.11. The second kappa shape index (κ2) is 2.74. The summed E-state index contributed by atoms with van der Waals surface area (Å²) in [5.41, 5.74) is 1.02. The van der Waals surface area contributed by atoms with Crippen LogP contribution in [-0.4, -0.2) is 0 Å². The number of ether oxygens (including phenoxy) is 2. The van der Waals surface area contributed by atoms with Crippen molar-refractivity contribution in [3.05, 3.63) is 42.9 Å². The Kier molecular flexibility index (Phi) is 1.59. The number of hydrogen-bond donors (Lipinski definition) is 0. The molecule has 1 heterocycles. The summed E-state index contributed by atoms with van der Waals surface area (Å²) in [5, 5.41) is 0. The van der Waals surface area contributed by atoms with Crippen LogP contribution in [0.2, 0.25) is 0 Å². The molecule has 2 heteroatoms. The van der Waals surface area contributed by atoms with Crippen molar-refractivity contribution in [3.8, 4) is 11.5 Å². The second-order valence-electron chi connectivity index (χ2n) is 2.42. The highest BCUT2D eigenvalue weighted by atomic mass is 16.5. The van der Waals surface area contributed by atoms with Crippen molar-refractivity contribution >= 4 is 6.08 Å². The van der Waals surface area contributed by atoms with Crippen molar-refractivity contribution in [2.24, 2.45) is 0 Å². The molecule has 0 amide bonds. The zero-order valence-corrected chi connectivity index (χ0v) is 6.49. The minimum absolute atomic E-state index is 0.731. The standard InChI is InChI=1S/C10H8O2/c1-2-8-3-4-9-10(7-8)12-6-5-11-9/h2-7H,1H2. The summed E-state index contributed by atoms with van der Waals surface area (Å²) in [4.78, 5) is 0. The summed E-state index contributed by atoms with van der Waals surface area (Å²) in [5.74, 6) is 1.47. The van der Waals surface area contributed by atoms with E-state index in [1.165, 1.54) is 12.5 Å². The molecule has 0 aliphatic carbocycles. The van der Waals surface area contributed by atoms with Gasteiger partial charge in [-0.3, -0.25) is 0 Å². The molecule has 1 aromatic carbocycles. The van der Waals surface area contributed by atoms with E-state index in [-0.39, 0.29) is 0 Å². The largest absolute Gasteiger partial charge is 0.458 e. The highest BCUT2D eigenvalue weighted by molar-refractivity contribution is 5.55. The summed E-state index contributed by atoms with van der Waals surface area (Å²) < 4.78 is 10.4. The van der Waals surface area contributed by atoms with Crippen molar-refractivity contribution in [1.82, 2.24) is 0 Å². The first-order valence-electron chi connectivity index (χ1n) is 3.65. The number of rotatable bonds is 1. The van der Waals surface area contributed by atoms with Gasteiger partial charge in [0.15, 0.2) is 11.5 Å². The molecule has 2 rings (SSSR count). The van der Waals surface area contributed by atoms with Crippen LogP contribution in [0.3, 0.4) is 0 Å². The molecular formula is C10H8O2. The SMILES string of the molecule is C=Cc1ccc2c(c1)OC=CO2. The smallest absolute Gasteiger partial charge is 0.169 e. The van der Waals surface area contributed by atoms with Crippen LogP contribution in [0.4, 0.5) is 0 Å². The van der Waals surface area contributed by atoms with E-state index < -0.39 is 0 Å². The van der Waals surface area contributed by atoms with Gasteiger partial charge in [0.05, 0.1) is 0 Å². The lowest BCUT2D eigenvalue weighted by Crippen LogP contribution is -1.95. The van der Waals surface area contributed by atoms with Gasteiger partial charge in [-0.15, -0.1) is 0 Å². The molecule has 1 aromatic rings. The topological polar surface area (TPSA) is 18.5 Å². The van der Waals surface area contributed by atoms with Crippen LogP contribution < -0.4 is 9.47 Å². The van der Waals surface area contributed by atoms with Gasteiger partial charge in [-0.1, -0.05) is 18.7 Å². The molecule has 0 unspecified atom stereocenters. The van der Waals surface area contributed by atoms with Crippen LogP contribution in [0.5, 0.6) is 11.5 Å². The molecule has 0 saturated carbocycles. The van der Waals surface area contributed by atoms with Crippen molar-refractivity contribution < 1.29 is 9.47 Å². The Morgan fingerprint density at radius 1 is 1.08 bits per heavy atom. The molecular weight excluding hydrogens is 152 g/mol. The van der Waals surface area contributed by atoms with Crippen LogP contribution in [-0.2, 0) is 0 Å². The van der Waals surface area contributed by atoms with Crippen molar-refractivity contribution in [2.45, 2.75) is 0 Å². The summed E-state index contributed by atoms with van der Waals surface area (Å²) >= 11 is 0. The fourth-order valence-electron chi connectivity index (χ4n) is 1.04. The Morgan fingerprint density at radius 2 is 1.83 bits per heavy atom. The van der Waals surface area contributed by atoms with E-state index in [9.17, 15) is 0 Å². The predicted octanol–water partition coefficient (Wildman–Crippen LogP) is 2.57. The normalized spacial score (nSPS) is 12.7. The maximum absolute atomic E-state index is 5.21. The van der Waals surface area contributed by atoms with Crippen LogP contribution >= 0.6 is 0 Å². The fraction of sp³-hybridized carbons (Fsp3) is 0. The highest BCUT2D eigenvalue weighted by Gasteiger charge is 2.06. The van der Waals surface area contributed by atoms with Crippen molar-refractivity contribution in [3.63, 3.8) is 0 Å². The third kappa shape index (κ3) is 1.07. The highest BCUT2D eigenvalue weighted by Crippen LogP contribution is 2.31. The molecule has 0 aromatic heterocycles. The minimum Gasteiger partial charge on any atom is -0.458 e. The first-order chi connectivity index (χ1) is 5.90. The molecule has 0 radical (unpaired) electrons. The van der Waals surface area contributed by atoms with E-state index in [2.05, 4.69) is 6.58 Å². The second-order valence-corrected chi connectivity index (χ2v) is 2.42. The Labute approximate surface area is 70.7 Å². The van der Waals surface area contributed by atoms with Crippen molar-refractivity contribution in [1.29, 1.82) is 0 Å². The van der Waals surface area contributed by atoms with Gasteiger partial charge < -0.3 is 9.47 Å². The van der Waals surface area contributed by atoms with Gasteiger partial charge in [0.1, 0.15) is 12.5 Å². The maximum atomic E-state index is 5.21.